The molecule has 7 atom stereocenters. The second-order valence-corrected chi connectivity index (χ2v) is 8.93. The van der Waals surface area contributed by atoms with Crippen LogP contribution >= 0.6 is 0 Å². The minimum Gasteiger partial charge on any atom is -0.396 e. The Morgan fingerprint density at radius 1 is 1.20 bits per heavy atom. The SMILES string of the molecule is C[C@]12CCC3C(C1CCC2=O)[C@H](O)[C@H](CO)C1=CC(=N)CC[C@@]13CO. The van der Waals surface area contributed by atoms with Crippen LogP contribution in [0.3, 0.4) is 0 Å². The molecule has 0 spiro atoms. The number of aliphatic hydroxyl groups is 3. The van der Waals surface area contributed by atoms with Crippen LogP contribution in [-0.4, -0.2) is 46.1 Å². The van der Waals surface area contributed by atoms with E-state index in [9.17, 15) is 20.1 Å². The van der Waals surface area contributed by atoms with Gasteiger partial charge in [-0.15, -0.1) is 0 Å². The highest BCUT2D eigenvalue weighted by molar-refractivity contribution is 5.94. The summed E-state index contributed by atoms with van der Waals surface area (Å²) < 4.78 is 0. The van der Waals surface area contributed by atoms with E-state index in [1.54, 1.807) is 6.08 Å². The number of ketones is 1. The smallest absolute Gasteiger partial charge is 0.139 e. The fourth-order valence-corrected chi connectivity index (χ4v) is 6.82. The number of carbonyl (C=O) groups is 1. The van der Waals surface area contributed by atoms with Crippen molar-refractivity contribution in [3.63, 3.8) is 0 Å². The fourth-order valence-electron chi connectivity index (χ4n) is 6.82. The Hall–Kier alpha value is -1.04. The first-order chi connectivity index (χ1) is 11.9. The molecule has 0 amide bonds. The van der Waals surface area contributed by atoms with Gasteiger partial charge in [0.1, 0.15) is 5.78 Å². The molecular weight excluding hydrogens is 318 g/mol. The van der Waals surface area contributed by atoms with Crippen LogP contribution in [0.15, 0.2) is 11.6 Å². The molecule has 0 bridgehead atoms. The monoisotopic (exact) mass is 347 g/mol. The van der Waals surface area contributed by atoms with Gasteiger partial charge in [-0.2, -0.15) is 0 Å². The molecule has 25 heavy (non-hydrogen) atoms. The van der Waals surface area contributed by atoms with E-state index in [4.69, 9.17) is 5.41 Å². The third-order valence-corrected chi connectivity index (χ3v) is 8.18. The van der Waals surface area contributed by atoms with Crippen molar-refractivity contribution in [2.24, 2.45) is 34.5 Å². The number of Topliss-reactive ketones (excluding diaryl/α,β-unsaturated/α-hetero) is 1. The zero-order valence-electron chi connectivity index (χ0n) is 14.9. The van der Waals surface area contributed by atoms with Gasteiger partial charge in [-0.3, -0.25) is 4.79 Å². The predicted molar refractivity (Wildman–Crippen MR) is 93.2 cm³/mol. The van der Waals surface area contributed by atoms with Crippen LogP contribution in [0.4, 0.5) is 0 Å². The highest BCUT2D eigenvalue weighted by Gasteiger charge is 2.64. The van der Waals surface area contributed by atoms with Crippen LogP contribution in [0.25, 0.3) is 0 Å². The van der Waals surface area contributed by atoms with Gasteiger partial charge in [-0.1, -0.05) is 12.5 Å². The summed E-state index contributed by atoms with van der Waals surface area (Å²) in [6, 6.07) is 0. The van der Waals surface area contributed by atoms with Gasteiger partial charge in [0.25, 0.3) is 0 Å². The van der Waals surface area contributed by atoms with Crippen molar-refractivity contribution in [3.8, 4) is 0 Å². The number of aliphatic hydroxyl groups excluding tert-OH is 3. The maximum absolute atomic E-state index is 12.5. The number of hydrogen-bond donors (Lipinski definition) is 4. The fraction of sp³-hybridized carbons (Fsp3) is 0.800. The van der Waals surface area contributed by atoms with Crippen molar-refractivity contribution in [3.05, 3.63) is 11.6 Å². The van der Waals surface area contributed by atoms with Crippen LogP contribution in [0.1, 0.15) is 45.4 Å². The van der Waals surface area contributed by atoms with Crippen molar-refractivity contribution < 1.29 is 20.1 Å². The topological polar surface area (TPSA) is 102 Å². The number of nitrogens with one attached hydrogen (secondary N) is 1. The lowest BCUT2D eigenvalue weighted by Crippen LogP contribution is -2.61. The second kappa shape index (κ2) is 5.73. The van der Waals surface area contributed by atoms with Crippen LogP contribution in [0.5, 0.6) is 0 Å². The molecule has 0 aromatic carbocycles. The average Bonchev–Trinajstić information content (AvgIpc) is 2.90. The molecule has 0 aromatic rings. The van der Waals surface area contributed by atoms with Crippen molar-refractivity contribution in [1.29, 1.82) is 5.41 Å². The quantitative estimate of drug-likeness (QED) is 0.610. The zero-order chi connectivity index (χ0) is 18.0. The van der Waals surface area contributed by atoms with Gasteiger partial charge in [-0.05, 0) is 55.9 Å². The normalized spacial score (nSPS) is 49.3. The molecule has 3 fully saturated rings. The van der Waals surface area contributed by atoms with Crippen molar-refractivity contribution in [2.75, 3.05) is 13.2 Å². The Morgan fingerprint density at radius 3 is 2.64 bits per heavy atom. The van der Waals surface area contributed by atoms with E-state index in [1.807, 2.05) is 0 Å². The molecule has 3 saturated carbocycles. The number of hydrogen-bond acceptors (Lipinski definition) is 5. The Bertz CT molecular complexity index is 644. The number of rotatable bonds is 2. The van der Waals surface area contributed by atoms with Gasteiger partial charge in [0.05, 0.1) is 19.3 Å². The molecule has 4 N–H and O–H groups in total. The number of fused-ring (bicyclic) bond motifs is 5. The Labute approximate surface area is 148 Å². The van der Waals surface area contributed by atoms with Crippen LogP contribution in [-0.2, 0) is 4.79 Å². The standard InChI is InChI=1S/C20H29NO4/c1-19-6-5-14-17(13(19)2-3-16(19)24)18(25)12(9-22)15-8-11(21)4-7-20(14,15)10-23/h8,12-14,17-18,21-23,25H,2-7,9-10H2,1H3/t12-,13?,14?,17?,18-,19+,20+/m1/s1. The maximum Gasteiger partial charge on any atom is 0.139 e. The molecule has 0 saturated heterocycles. The van der Waals surface area contributed by atoms with Crippen molar-refractivity contribution >= 4 is 11.5 Å². The van der Waals surface area contributed by atoms with E-state index in [2.05, 4.69) is 6.92 Å². The summed E-state index contributed by atoms with van der Waals surface area (Å²) in [5.41, 5.74) is 0.575. The number of allylic oxidation sites excluding steroid dienone is 1. The first-order valence-electron chi connectivity index (χ1n) is 9.61. The minimum absolute atomic E-state index is 0.00607. The summed E-state index contributed by atoms with van der Waals surface area (Å²) >= 11 is 0. The molecule has 5 heteroatoms. The van der Waals surface area contributed by atoms with Crippen LogP contribution in [0, 0.1) is 39.9 Å². The van der Waals surface area contributed by atoms with Crippen LogP contribution in [0.2, 0.25) is 0 Å². The first kappa shape index (κ1) is 17.4. The maximum atomic E-state index is 12.5. The van der Waals surface area contributed by atoms with Gasteiger partial charge >= 0.3 is 0 Å². The molecule has 4 aliphatic rings. The lowest BCUT2D eigenvalue weighted by molar-refractivity contribution is -0.152. The van der Waals surface area contributed by atoms with E-state index < -0.39 is 17.4 Å². The van der Waals surface area contributed by atoms with E-state index in [-0.39, 0.29) is 36.4 Å². The summed E-state index contributed by atoms with van der Waals surface area (Å²) in [5.74, 6) is 0.0762. The molecule has 5 nitrogen and oxygen atoms in total. The summed E-state index contributed by atoms with van der Waals surface area (Å²) in [7, 11) is 0. The molecular formula is C20H29NO4. The third kappa shape index (κ3) is 2.12. The Kier molecular flexibility index (Phi) is 3.98. The first-order valence-corrected chi connectivity index (χ1v) is 9.61. The van der Waals surface area contributed by atoms with Crippen LogP contribution < -0.4 is 0 Å². The Morgan fingerprint density at radius 2 is 1.96 bits per heavy atom. The summed E-state index contributed by atoms with van der Waals surface area (Å²) in [6.07, 6.45) is 5.46. The molecule has 0 aliphatic heterocycles. The number of carbonyl (C=O) groups excluding carboxylic acids is 1. The van der Waals surface area contributed by atoms with Gasteiger partial charge in [-0.25, -0.2) is 0 Å². The minimum atomic E-state index is -0.706. The van der Waals surface area contributed by atoms with Crippen molar-refractivity contribution in [2.45, 2.75) is 51.6 Å². The van der Waals surface area contributed by atoms with Crippen molar-refractivity contribution in [1.82, 2.24) is 0 Å². The summed E-state index contributed by atoms with van der Waals surface area (Å²) in [6.45, 7) is 1.87. The predicted octanol–water partition coefficient (Wildman–Crippen LogP) is 1.70. The van der Waals surface area contributed by atoms with Gasteiger partial charge in [0.2, 0.25) is 0 Å². The van der Waals surface area contributed by atoms with E-state index in [1.165, 1.54) is 0 Å². The summed E-state index contributed by atoms with van der Waals surface area (Å²) in [5, 5.41) is 39.7. The lowest BCUT2D eigenvalue weighted by Gasteiger charge is -2.61. The highest BCUT2D eigenvalue weighted by Crippen LogP contribution is 2.65. The van der Waals surface area contributed by atoms with E-state index >= 15 is 0 Å². The lowest BCUT2D eigenvalue weighted by atomic mass is 9.44. The van der Waals surface area contributed by atoms with E-state index in [0.717, 1.165) is 24.8 Å². The molecule has 0 aromatic heterocycles. The molecule has 4 aliphatic carbocycles. The molecule has 0 radical (unpaired) electrons. The van der Waals surface area contributed by atoms with E-state index in [0.29, 0.717) is 30.8 Å². The molecule has 4 rings (SSSR count). The zero-order valence-corrected chi connectivity index (χ0v) is 14.9. The molecule has 0 heterocycles. The second-order valence-electron chi connectivity index (χ2n) is 8.93. The summed E-state index contributed by atoms with van der Waals surface area (Å²) in [4.78, 5) is 12.5. The third-order valence-electron chi connectivity index (χ3n) is 8.18. The van der Waals surface area contributed by atoms with Gasteiger partial charge < -0.3 is 20.7 Å². The average molecular weight is 347 g/mol. The molecule has 138 valence electrons. The molecule has 3 unspecified atom stereocenters. The largest absolute Gasteiger partial charge is 0.396 e. The Balaban J connectivity index is 1.83. The van der Waals surface area contributed by atoms with Gasteiger partial charge in [0.15, 0.2) is 0 Å². The van der Waals surface area contributed by atoms with Gasteiger partial charge in [0, 0.05) is 28.9 Å². The highest BCUT2D eigenvalue weighted by atomic mass is 16.3.